The first-order chi connectivity index (χ1) is 12.9. The highest BCUT2D eigenvalue weighted by Gasteiger charge is 2.33. The Morgan fingerprint density at radius 1 is 1.26 bits per heavy atom. The Balaban J connectivity index is 1.68. The van der Waals surface area contributed by atoms with Crippen molar-refractivity contribution < 1.29 is 22.7 Å². The van der Waals surface area contributed by atoms with Crippen LogP contribution in [-0.4, -0.2) is 50.8 Å². The molecule has 152 valence electrons. The number of piperidine rings is 1. The molecule has 0 aliphatic carbocycles. The van der Waals surface area contributed by atoms with Gasteiger partial charge in [0, 0.05) is 19.6 Å². The van der Waals surface area contributed by atoms with Gasteiger partial charge in [0.1, 0.15) is 4.21 Å². The molecule has 0 spiro atoms. The summed E-state index contributed by atoms with van der Waals surface area (Å²) in [7, 11) is -3.48. The van der Waals surface area contributed by atoms with Crippen molar-refractivity contribution in [2.24, 2.45) is 5.92 Å². The SMILES string of the molecule is CCCCCCNC(=O)COC(=O)C1CCN(S(=O)(=O)c2cccs2)CC1. The lowest BCUT2D eigenvalue weighted by Gasteiger charge is -2.29. The fraction of sp³-hybridized carbons (Fsp3) is 0.667. The molecule has 1 fully saturated rings. The summed E-state index contributed by atoms with van der Waals surface area (Å²) < 4.78 is 31.8. The maximum atomic E-state index is 12.5. The summed E-state index contributed by atoms with van der Waals surface area (Å²) in [4.78, 5) is 23.8. The molecule has 1 aromatic rings. The Morgan fingerprint density at radius 3 is 2.63 bits per heavy atom. The van der Waals surface area contributed by atoms with Gasteiger partial charge in [0.25, 0.3) is 15.9 Å². The van der Waals surface area contributed by atoms with Gasteiger partial charge in [-0.2, -0.15) is 4.31 Å². The smallest absolute Gasteiger partial charge is 0.309 e. The summed E-state index contributed by atoms with van der Waals surface area (Å²) in [5, 5.41) is 4.47. The van der Waals surface area contributed by atoms with E-state index in [0.717, 1.165) is 25.7 Å². The zero-order chi connectivity index (χ0) is 19.7. The lowest BCUT2D eigenvalue weighted by molar-refractivity contribution is -0.153. The molecule has 2 rings (SSSR count). The predicted molar refractivity (Wildman–Crippen MR) is 104 cm³/mol. The van der Waals surface area contributed by atoms with Gasteiger partial charge in [0.15, 0.2) is 6.61 Å². The van der Waals surface area contributed by atoms with Gasteiger partial charge in [0.2, 0.25) is 0 Å². The molecule has 0 saturated carbocycles. The zero-order valence-electron chi connectivity index (χ0n) is 15.7. The standard InChI is InChI=1S/C18H28N2O5S2/c1-2-3-4-5-10-19-16(21)14-25-18(22)15-8-11-20(12-9-15)27(23,24)17-7-6-13-26-17/h6-7,13,15H,2-5,8-12,14H2,1H3,(H,19,21). The van der Waals surface area contributed by atoms with Crippen LogP contribution >= 0.6 is 11.3 Å². The van der Waals surface area contributed by atoms with E-state index in [1.807, 2.05) is 0 Å². The van der Waals surface area contributed by atoms with E-state index in [4.69, 9.17) is 4.74 Å². The fourth-order valence-electron chi connectivity index (χ4n) is 2.95. The number of unbranched alkanes of at least 4 members (excludes halogenated alkanes) is 3. The quantitative estimate of drug-likeness (QED) is 0.467. The number of amides is 1. The van der Waals surface area contributed by atoms with Gasteiger partial charge in [-0.15, -0.1) is 11.3 Å². The minimum absolute atomic E-state index is 0.277. The first-order valence-corrected chi connectivity index (χ1v) is 11.7. The first kappa shape index (κ1) is 21.8. The average Bonchev–Trinajstić information content (AvgIpc) is 3.22. The summed E-state index contributed by atoms with van der Waals surface area (Å²) in [6.45, 7) is 3.00. The molecule has 1 amide bonds. The predicted octanol–water partition coefficient (Wildman–Crippen LogP) is 2.39. The second-order valence-corrected chi connectivity index (χ2v) is 9.74. The van der Waals surface area contributed by atoms with Crippen LogP contribution < -0.4 is 5.32 Å². The topological polar surface area (TPSA) is 92.8 Å². The molecule has 1 saturated heterocycles. The highest BCUT2D eigenvalue weighted by molar-refractivity contribution is 7.91. The molecule has 1 aliphatic heterocycles. The number of rotatable bonds is 10. The van der Waals surface area contributed by atoms with E-state index in [9.17, 15) is 18.0 Å². The first-order valence-electron chi connectivity index (χ1n) is 9.42. The van der Waals surface area contributed by atoms with E-state index in [1.54, 1.807) is 17.5 Å². The maximum absolute atomic E-state index is 12.5. The summed E-state index contributed by atoms with van der Waals surface area (Å²) in [6.07, 6.45) is 5.09. The van der Waals surface area contributed by atoms with Crippen molar-refractivity contribution in [2.75, 3.05) is 26.2 Å². The Labute approximate surface area is 165 Å². The molecule has 0 aromatic carbocycles. The monoisotopic (exact) mass is 416 g/mol. The molecule has 1 aliphatic rings. The van der Waals surface area contributed by atoms with E-state index < -0.39 is 16.0 Å². The number of carbonyl (C=O) groups is 2. The largest absolute Gasteiger partial charge is 0.455 e. The summed E-state index contributed by atoms with van der Waals surface area (Å²) in [5.74, 6) is -1.08. The summed E-state index contributed by atoms with van der Waals surface area (Å²) >= 11 is 1.19. The van der Waals surface area contributed by atoms with Crippen molar-refractivity contribution in [2.45, 2.75) is 49.7 Å². The molecule has 0 bridgehead atoms. The van der Waals surface area contributed by atoms with Crippen molar-refractivity contribution in [3.8, 4) is 0 Å². The van der Waals surface area contributed by atoms with Crippen LogP contribution in [0.2, 0.25) is 0 Å². The third kappa shape index (κ3) is 6.58. The normalized spacial score (nSPS) is 16.2. The third-order valence-corrected chi connectivity index (χ3v) is 7.85. The molecule has 0 atom stereocenters. The lowest BCUT2D eigenvalue weighted by Crippen LogP contribution is -2.41. The van der Waals surface area contributed by atoms with Crippen LogP contribution in [0.1, 0.15) is 45.4 Å². The fourth-order valence-corrected chi connectivity index (χ4v) is 5.57. The van der Waals surface area contributed by atoms with E-state index in [1.165, 1.54) is 15.6 Å². The summed E-state index contributed by atoms with van der Waals surface area (Å²) in [6, 6.07) is 3.29. The number of thiophene rings is 1. The number of sulfonamides is 1. The minimum Gasteiger partial charge on any atom is -0.455 e. The van der Waals surface area contributed by atoms with Crippen molar-refractivity contribution in [1.82, 2.24) is 9.62 Å². The van der Waals surface area contributed by atoms with Crippen LogP contribution in [0.15, 0.2) is 21.7 Å². The maximum Gasteiger partial charge on any atom is 0.309 e. The van der Waals surface area contributed by atoms with Crippen LogP contribution in [0.4, 0.5) is 0 Å². The molecule has 2 heterocycles. The van der Waals surface area contributed by atoms with E-state index in [0.29, 0.717) is 23.6 Å². The van der Waals surface area contributed by atoms with Gasteiger partial charge in [-0.3, -0.25) is 9.59 Å². The molecular weight excluding hydrogens is 388 g/mol. The Kier molecular flexibility index (Phi) is 8.72. The van der Waals surface area contributed by atoms with Crippen LogP contribution in [0.3, 0.4) is 0 Å². The third-order valence-electron chi connectivity index (χ3n) is 4.57. The molecule has 0 unspecified atom stereocenters. The van der Waals surface area contributed by atoms with Crippen LogP contribution in [0, 0.1) is 5.92 Å². The minimum atomic E-state index is -3.48. The molecule has 1 N–H and O–H groups in total. The molecule has 9 heteroatoms. The van der Waals surface area contributed by atoms with Gasteiger partial charge >= 0.3 is 5.97 Å². The summed E-state index contributed by atoms with van der Waals surface area (Å²) in [5.41, 5.74) is 0. The van der Waals surface area contributed by atoms with Crippen molar-refractivity contribution in [1.29, 1.82) is 0 Å². The highest BCUT2D eigenvalue weighted by Crippen LogP contribution is 2.26. The highest BCUT2D eigenvalue weighted by atomic mass is 32.2. The lowest BCUT2D eigenvalue weighted by atomic mass is 9.98. The van der Waals surface area contributed by atoms with Gasteiger partial charge in [-0.05, 0) is 30.7 Å². The molecule has 7 nitrogen and oxygen atoms in total. The van der Waals surface area contributed by atoms with Crippen molar-refractivity contribution in [3.05, 3.63) is 17.5 Å². The number of nitrogens with one attached hydrogen (secondary N) is 1. The van der Waals surface area contributed by atoms with E-state index in [-0.39, 0.29) is 31.5 Å². The molecule has 27 heavy (non-hydrogen) atoms. The average molecular weight is 417 g/mol. The zero-order valence-corrected chi connectivity index (χ0v) is 17.3. The van der Waals surface area contributed by atoms with E-state index >= 15 is 0 Å². The van der Waals surface area contributed by atoms with Crippen molar-refractivity contribution in [3.63, 3.8) is 0 Å². The number of hydrogen-bond donors (Lipinski definition) is 1. The second-order valence-electron chi connectivity index (χ2n) is 6.63. The van der Waals surface area contributed by atoms with Gasteiger partial charge in [-0.1, -0.05) is 32.3 Å². The van der Waals surface area contributed by atoms with Gasteiger partial charge in [-0.25, -0.2) is 8.42 Å². The molecule has 0 radical (unpaired) electrons. The van der Waals surface area contributed by atoms with Crippen LogP contribution in [-0.2, 0) is 24.3 Å². The number of esters is 1. The Morgan fingerprint density at radius 2 is 2.00 bits per heavy atom. The molecular formula is C18H28N2O5S2. The Hall–Kier alpha value is -1.45. The number of carbonyl (C=O) groups excluding carboxylic acids is 2. The van der Waals surface area contributed by atoms with Gasteiger partial charge < -0.3 is 10.1 Å². The number of hydrogen-bond acceptors (Lipinski definition) is 6. The number of nitrogens with zero attached hydrogens (tertiary/aromatic N) is 1. The molecule has 1 aromatic heterocycles. The number of ether oxygens (including phenoxy) is 1. The Bertz CT molecular complexity index is 695. The van der Waals surface area contributed by atoms with Crippen LogP contribution in [0.5, 0.6) is 0 Å². The van der Waals surface area contributed by atoms with Crippen LogP contribution in [0.25, 0.3) is 0 Å². The van der Waals surface area contributed by atoms with Crippen molar-refractivity contribution >= 4 is 33.2 Å². The van der Waals surface area contributed by atoms with Gasteiger partial charge in [0.05, 0.1) is 5.92 Å². The van der Waals surface area contributed by atoms with E-state index in [2.05, 4.69) is 12.2 Å². The second kappa shape index (κ2) is 10.8.